The molecule has 1 amide bonds. The maximum Gasteiger partial charge on any atom is 0.268 e. The van der Waals surface area contributed by atoms with E-state index in [9.17, 15) is 4.79 Å². The number of nitrogens with one attached hydrogen (secondary N) is 2. The SMILES string of the molecule is Cn1cc(Br)cc1C(=O)NC1CCCNC1. The first kappa shape index (κ1) is 11.7. The van der Waals surface area contributed by atoms with Gasteiger partial charge >= 0.3 is 0 Å². The summed E-state index contributed by atoms with van der Waals surface area (Å²) in [7, 11) is 1.87. The molecule has 1 atom stereocenters. The molecule has 1 fully saturated rings. The Balaban J connectivity index is 1.99. The van der Waals surface area contributed by atoms with Crippen LogP contribution >= 0.6 is 15.9 Å². The molecule has 16 heavy (non-hydrogen) atoms. The molecule has 0 aliphatic carbocycles. The summed E-state index contributed by atoms with van der Waals surface area (Å²) in [5.41, 5.74) is 0.692. The predicted octanol–water partition coefficient (Wildman–Crippen LogP) is 1.27. The van der Waals surface area contributed by atoms with Crippen molar-refractivity contribution in [1.82, 2.24) is 15.2 Å². The fourth-order valence-electron chi connectivity index (χ4n) is 1.98. The normalized spacial score (nSPS) is 20.8. The summed E-state index contributed by atoms with van der Waals surface area (Å²) in [5.74, 6) is 0.00176. The average molecular weight is 286 g/mol. The minimum absolute atomic E-state index is 0.00176. The second-order valence-corrected chi connectivity index (χ2v) is 5.09. The van der Waals surface area contributed by atoms with Gasteiger partial charge in [-0.3, -0.25) is 4.79 Å². The average Bonchev–Trinajstić information content (AvgIpc) is 2.59. The van der Waals surface area contributed by atoms with E-state index in [1.54, 1.807) is 0 Å². The third-order valence-electron chi connectivity index (χ3n) is 2.84. The van der Waals surface area contributed by atoms with Crippen LogP contribution in [-0.2, 0) is 7.05 Å². The topological polar surface area (TPSA) is 46.1 Å². The first-order valence-corrected chi connectivity index (χ1v) is 6.29. The van der Waals surface area contributed by atoms with Crippen molar-refractivity contribution in [2.75, 3.05) is 13.1 Å². The van der Waals surface area contributed by atoms with Crippen LogP contribution in [0.25, 0.3) is 0 Å². The van der Waals surface area contributed by atoms with Crippen molar-refractivity contribution >= 4 is 21.8 Å². The second kappa shape index (κ2) is 5.01. The minimum atomic E-state index is 0.00176. The molecule has 0 spiro atoms. The lowest BCUT2D eigenvalue weighted by Crippen LogP contribution is -2.45. The van der Waals surface area contributed by atoms with Crippen molar-refractivity contribution < 1.29 is 4.79 Å². The number of hydrogen-bond acceptors (Lipinski definition) is 2. The number of piperidine rings is 1. The Bertz CT molecular complexity index is 383. The Labute approximate surface area is 104 Å². The van der Waals surface area contributed by atoms with Gasteiger partial charge in [-0.25, -0.2) is 0 Å². The smallest absolute Gasteiger partial charge is 0.268 e. The summed E-state index contributed by atoms with van der Waals surface area (Å²) in [6.45, 7) is 1.93. The molecule has 1 aromatic heterocycles. The Kier molecular flexibility index (Phi) is 3.66. The number of halogens is 1. The Morgan fingerprint density at radius 1 is 1.69 bits per heavy atom. The summed E-state index contributed by atoms with van der Waals surface area (Å²) >= 11 is 3.36. The van der Waals surface area contributed by atoms with E-state index < -0.39 is 0 Å². The highest BCUT2D eigenvalue weighted by molar-refractivity contribution is 9.10. The molecule has 0 saturated carbocycles. The second-order valence-electron chi connectivity index (χ2n) is 4.17. The lowest BCUT2D eigenvalue weighted by atomic mass is 10.1. The van der Waals surface area contributed by atoms with E-state index in [1.807, 2.05) is 23.9 Å². The summed E-state index contributed by atoms with van der Waals surface area (Å²) in [5, 5.41) is 6.33. The fourth-order valence-corrected chi connectivity index (χ4v) is 2.51. The first-order valence-electron chi connectivity index (χ1n) is 5.50. The summed E-state index contributed by atoms with van der Waals surface area (Å²) in [6, 6.07) is 2.10. The van der Waals surface area contributed by atoms with Crippen LogP contribution in [0.5, 0.6) is 0 Å². The Morgan fingerprint density at radius 3 is 3.06 bits per heavy atom. The van der Waals surface area contributed by atoms with E-state index in [-0.39, 0.29) is 11.9 Å². The number of nitrogens with zero attached hydrogens (tertiary/aromatic N) is 1. The van der Waals surface area contributed by atoms with Gasteiger partial charge in [0.15, 0.2) is 0 Å². The van der Waals surface area contributed by atoms with Gasteiger partial charge in [0.1, 0.15) is 5.69 Å². The van der Waals surface area contributed by atoms with Crippen LogP contribution in [0.4, 0.5) is 0 Å². The van der Waals surface area contributed by atoms with Gasteiger partial charge in [0.25, 0.3) is 5.91 Å². The maximum absolute atomic E-state index is 12.0. The molecule has 0 aromatic carbocycles. The standard InChI is InChI=1S/C11H16BrN3O/c1-15-7-8(12)5-10(15)11(16)14-9-3-2-4-13-6-9/h5,7,9,13H,2-4,6H2,1H3,(H,14,16). The first-order chi connectivity index (χ1) is 7.66. The molecular weight excluding hydrogens is 270 g/mol. The molecule has 1 saturated heterocycles. The molecule has 1 aliphatic rings. The largest absolute Gasteiger partial charge is 0.347 e. The molecular formula is C11H16BrN3O. The van der Waals surface area contributed by atoms with E-state index >= 15 is 0 Å². The summed E-state index contributed by atoms with van der Waals surface area (Å²) in [4.78, 5) is 12.0. The van der Waals surface area contributed by atoms with Gasteiger partial charge in [-0.05, 0) is 41.4 Å². The van der Waals surface area contributed by atoms with Crippen LogP contribution < -0.4 is 10.6 Å². The molecule has 2 heterocycles. The highest BCUT2D eigenvalue weighted by atomic mass is 79.9. The van der Waals surface area contributed by atoms with Gasteiger partial charge < -0.3 is 15.2 Å². The van der Waals surface area contributed by atoms with Gasteiger partial charge in [0.2, 0.25) is 0 Å². The predicted molar refractivity (Wildman–Crippen MR) is 66.5 cm³/mol. The van der Waals surface area contributed by atoms with Crippen molar-refractivity contribution in [3.05, 3.63) is 22.4 Å². The van der Waals surface area contributed by atoms with Gasteiger partial charge in [-0.2, -0.15) is 0 Å². The Hall–Kier alpha value is -0.810. The van der Waals surface area contributed by atoms with Crippen molar-refractivity contribution in [1.29, 1.82) is 0 Å². The number of aryl methyl sites for hydroxylation is 1. The zero-order chi connectivity index (χ0) is 11.5. The van der Waals surface area contributed by atoms with Gasteiger partial charge in [0, 0.05) is 30.3 Å². The molecule has 1 aliphatic heterocycles. The molecule has 2 N–H and O–H groups in total. The van der Waals surface area contributed by atoms with Gasteiger partial charge in [0.05, 0.1) is 0 Å². The number of hydrogen-bond donors (Lipinski definition) is 2. The van der Waals surface area contributed by atoms with Crippen LogP contribution in [-0.4, -0.2) is 29.6 Å². The van der Waals surface area contributed by atoms with E-state index in [0.717, 1.165) is 30.4 Å². The molecule has 1 aromatic rings. The lowest BCUT2D eigenvalue weighted by Gasteiger charge is -2.23. The number of carbonyl (C=O) groups excluding carboxylic acids is 1. The number of rotatable bonds is 2. The molecule has 0 bridgehead atoms. The zero-order valence-corrected chi connectivity index (χ0v) is 10.9. The molecule has 1 unspecified atom stereocenters. The molecule has 5 heteroatoms. The summed E-state index contributed by atoms with van der Waals surface area (Å²) in [6.07, 6.45) is 4.07. The van der Waals surface area contributed by atoms with E-state index in [4.69, 9.17) is 0 Å². The monoisotopic (exact) mass is 285 g/mol. The van der Waals surface area contributed by atoms with E-state index in [2.05, 4.69) is 26.6 Å². The van der Waals surface area contributed by atoms with Gasteiger partial charge in [-0.15, -0.1) is 0 Å². The minimum Gasteiger partial charge on any atom is -0.347 e. The molecule has 88 valence electrons. The maximum atomic E-state index is 12.0. The quantitative estimate of drug-likeness (QED) is 0.860. The lowest BCUT2D eigenvalue weighted by molar-refractivity contribution is 0.0922. The molecule has 4 nitrogen and oxygen atoms in total. The highest BCUT2D eigenvalue weighted by Gasteiger charge is 2.18. The third kappa shape index (κ3) is 2.65. The molecule has 2 rings (SSSR count). The van der Waals surface area contributed by atoms with Crippen molar-refractivity contribution in [3.8, 4) is 0 Å². The molecule has 0 radical (unpaired) electrons. The van der Waals surface area contributed by atoms with Crippen molar-refractivity contribution in [2.24, 2.45) is 7.05 Å². The number of aromatic nitrogens is 1. The van der Waals surface area contributed by atoms with E-state index in [0.29, 0.717) is 5.69 Å². The Morgan fingerprint density at radius 2 is 2.50 bits per heavy atom. The van der Waals surface area contributed by atoms with E-state index in [1.165, 1.54) is 0 Å². The van der Waals surface area contributed by atoms with Crippen LogP contribution in [0.15, 0.2) is 16.7 Å². The van der Waals surface area contributed by atoms with Crippen molar-refractivity contribution in [3.63, 3.8) is 0 Å². The van der Waals surface area contributed by atoms with Crippen LogP contribution in [0.1, 0.15) is 23.3 Å². The van der Waals surface area contributed by atoms with Crippen LogP contribution in [0.3, 0.4) is 0 Å². The van der Waals surface area contributed by atoms with Crippen LogP contribution in [0, 0.1) is 0 Å². The van der Waals surface area contributed by atoms with Crippen molar-refractivity contribution in [2.45, 2.75) is 18.9 Å². The summed E-state index contributed by atoms with van der Waals surface area (Å²) < 4.78 is 2.76. The highest BCUT2D eigenvalue weighted by Crippen LogP contribution is 2.14. The number of carbonyl (C=O) groups is 1. The van der Waals surface area contributed by atoms with Crippen LogP contribution in [0.2, 0.25) is 0 Å². The fraction of sp³-hybridized carbons (Fsp3) is 0.545. The number of amides is 1. The third-order valence-corrected chi connectivity index (χ3v) is 3.27. The van der Waals surface area contributed by atoms with Gasteiger partial charge in [-0.1, -0.05) is 0 Å². The zero-order valence-electron chi connectivity index (χ0n) is 9.29.